The zero-order valence-electron chi connectivity index (χ0n) is 16.6. The Bertz CT molecular complexity index is 752. The number of carboxylic acids is 1. The molecule has 1 saturated heterocycles. The van der Waals surface area contributed by atoms with Gasteiger partial charge in [-0.1, -0.05) is 25.0 Å². The van der Waals surface area contributed by atoms with E-state index in [0.717, 1.165) is 18.8 Å². The van der Waals surface area contributed by atoms with Crippen molar-refractivity contribution >= 4 is 29.2 Å². The summed E-state index contributed by atoms with van der Waals surface area (Å²) in [6, 6.07) is 7.75. The van der Waals surface area contributed by atoms with E-state index in [1.807, 2.05) is 30.3 Å². The summed E-state index contributed by atoms with van der Waals surface area (Å²) in [5.41, 5.74) is 1.83. The fraction of sp³-hybridized carbons (Fsp3) is 0.500. The molecule has 7 nitrogen and oxygen atoms in total. The number of benzene rings is 1. The van der Waals surface area contributed by atoms with Crippen LogP contribution in [0, 0.1) is 11.8 Å². The van der Waals surface area contributed by atoms with Gasteiger partial charge in [0.1, 0.15) is 0 Å². The molecule has 0 aromatic heterocycles. The number of amides is 2. The summed E-state index contributed by atoms with van der Waals surface area (Å²) in [7, 11) is 0. The molecule has 7 heteroatoms. The Balaban J connectivity index is 1.48. The summed E-state index contributed by atoms with van der Waals surface area (Å²) in [6.07, 6.45) is 9.28. The van der Waals surface area contributed by atoms with E-state index < -0.39 is 23.7 Å². The number of rotatable bonds is 6. The Morgan fingerprint density at radius 3 is 2.17 bits per heavy atom. The number of nitrogens with one attached hydrogen (secondary N) is 2. The van der Waals surface area contributed by atoms with E-state index >= 15 is 0 Å². The van der Waals surface area contributed by atoms with Gasteiger partial charge in [0.2, 0.25) is 11.8 Å². The SMILES string of the molecule is O=C(CNC(=O)[C@@H]1CC=CC[C@@H]1C(=O)O)Nc1ccc(N2CCCCCC2)cc1. The van der Waals surface area contributed by atoms with E-state index in [-0.39, 0.29) is 12.5 Å². The molecule has 0 radical (unpaired) electrons. The topological polar surface area (TPSA) is 98.7 Å². The van der Waals surface area contributed by atoms with Crippen molar-refractivity contribution in [1.29, 1.82) is 0 Å². The van der Waals surface area contributed by atoms with Crippen LogP contribution in [-0.2, 0) is 14.4 Å². The van der Waals surface area contributed by atoms with E-state index in [9.17, 15) is 19.5 Å². The highest BCUT2D eigenvalue weighted by Crippen LogP contribution is 2.26. The van der Waals surface area contributed by atoms with Gasteiger partial charge in [-0.25, -0.2) is 0 Å². The quantitative estimate of drug-likeness (QED) is 0.639. The van der Waals surface area contributed by atoms with Gasteiger partial charge in [0.25, 0.3) is 0 Å². The largest absolute Gasteiger partial charge is 0.481 e. The number of carbonyl (C=O) groups is 3. The van der Waals surface area contributed by atoms with Crippen LogP contribution in [0.1, 0.15) is 38.5 Å². The van der Waals surface area contributed by atoms with E-state index in [1.54, 1.807) is 6.08 Å². The van der Waals surface area contributed by atoms with Crippen molar-refractivity contribution in [3.05, 3.63) is 36.4 Å². The lowest BCUT2D eigenvalue weighted by Crippen LogP contribution is -2.41. The summed E-state index contributed by atoms with van der Waals surface area (Å²) in [5, 5.41) is 14.6. The molecule has 2 amide bonds. The second-order valence-corrected chi connectivity index (χ2v) is 7.71. The van der Waals surface area contributed by atoms with E-state index in [1.165, 1.54) is 25.7 Å². The zero-order chi connectivity index (χ0) is 20.6. The van der Waals surface area contributed by atoms with E-state index in [4.69, 9.17) is 0 Å². The number of aliphatic carboxylic acids is 1. The van der Waals surface area contributed by atoms with Crippen LogP contribution in [0.2, 0.25) is 0 Å². The minimum atomic E-state index is -0.983. The Hall–Kier alpha value is -2.83. The maximum atomic E-state index is 12.3. The van der Waals surface area contributed by atoms with Crippen LogP contribution in [0.15, 0.2) is 36.4 Å². The molecule has 2 atom stereocenters. The summed E-state index contributed by atoms with van der Waals surface area (Å²) in [5.74, 6) is -3.09. The molecular weight excluding hydrogens is 370 g/mol. The first-order chi connectivity index (χ1) is 14.0. The van der Waals surface area contributed by atoms with Crippen molar-refractivity contribution in [1.82, 2.24) is 5.32 Å². The molecule has 1 aliphatic heterocycles. The number of hydrogen-bond acceptors (Lipinski definition) is 4. The van der Waals surface area contributed by atoms with Crippen molar-refractivity contribution < 1.29 is 19.5 Å². The third kappa shape index (κ3) is 5.82. The van der Waals surface area contributed by atoms with Gasteiger partial charge in [0.15, 0.2) is 0 Å². The van der Waals surface area contributed by atoms with Crippen LogP contribution in [0.3, 0.4) is 0 Å². The van der Waals surface area contributed by atoms with Gasteiger partial charge in [-0.2, -0.15) is 0 Å². The monoisotopic (exact) mass is 399 g/mol. The van der Waals surface area contributed by atoms with Crippen molar-refractivity contribution in [2.45, 2.75) is 38.5 Å². The number of carbonyl (C=O) groups excluding carboxylic acids is 2. The predicted molar refractivity (Wildman–Crippen MR) is 112 cm³/mol. The van der Waals surface area contributed by atoms with Crippen LogP contribution >= 0.6 is 0 Å². The van der Waals surface area contributed by atoms with Crippen molar-refractivity contribution in [2.75, 3.05) is 29.9 Å². The number of nitrogens with zero attached hydrogens (tertiary/aromatic N) is 1. The fourth-order valence-corrected chi connectivity index (χ4v) is 3.97. The molecular formula is C22H29N3O4. The zero-order valence-corrected chi connectivity index (χ0v) is 16.6. The molecule has 1 aromatic rings. The number of allylic oxidation sites excluding steroid dienone is 2. The summed E-state index contributed by atoms with van der Waals surface area (Å²) >= 11 is 0. The first-order valence-electron chi connectivity index (χ1n) is 10.3. The Kier molecular flexibility index (Phi) is 7.27. The van der Waals surface area contributed by atoms with Crippen LogP contribution < -0.4 is 15.5 Å². The molecule has 29 heavy (non-hydrogen) atoms. The molecule has 1 aromatic carbocycles. The number of carboxylic acid groups (broad SMARTS) is 1. The highest BCUT2D eigenvalue weighted by molar-refractivity contribution is 5.95. The molecule has 2 aliphatic rings. The van der Waals surface area contributed by atoms with Crippen molar-refractivity contribution in [3.8, 4) is 0 Å². The Morgan fingerprint density at radius 1 is 0.931 bits per heavy atom. The minimum absolute atomic E-state index is 0.181. The Labute approximate surface area is 171 Å². The molecule has 1 fully saturated rings. The van der Waals surface area contributed by atoms with Gasteiger partial charge in [-0.05, 0) is 49.9 Å². The first-order valence-corrected chi connectivity index (χ1v) is 10.3. The van der Waals surface area contributed by atoms with Gasteiger partial charge >= 0.3 is 5.97 Å². The molecule has 0 saturated carbocycles. The lowest BCUT2D eigenvalue weighted by molar-refractivity contribution is -0.147. The van der Waals surface area contributed by atoms with Gasteiger partial charge in [-0.15, -0.1) is 0 Å². The second kappa shape index (κ2) is 10.1. The van der Waals surface area contributed by atoms with Crippen LogP contribution in [0.4, 0.5) is 11.4 Å². The number of anilines is 2. The summed E-state index contributed by atoms with van der Waals surface area (Å²) < 4.78 is 0. The maximum absolute atomic E-state index is 12.3. The third-order valence-corrected chi connectivity index (χ3v) is 5.63. The van der Waals surface area contributed by atoms with Crippen molar-refractivity contribution in [3.63, 3.8) is 0 Å². The Morgan fingerprint density at radius 2 is 1.55 bits per heavy atom. The van der Waals surface area contributed by atoms with Gasteiger partial charge < -0.3 is 20.6 Å². The number of hydrogen-bond donors (Lipinski definition) is 3. The summed E-state index contributed by atoms with van der Waals surface area (Å²) in [4.78, 5) is 38.2. The predicted octanol–water partition coefficient (Wildman–Crippen LogP) is 2.79. The first kappa shape index (κ1) is 20.9. The molecule has 3 rings (SSSR count). The van der Waals surface area contributed by atoms with E-state index in [2.05, 4.69) is 15.5 Å². The van der Waals surface area contributed by atoms with Crippen LogP contribution in [0.5, 0.6) is 0 Å². The van der Waals surface area contributed by atoms with Crippen LogP contribution in [0.25, 0.3) is 0 Å². The average Bonchev–Trinajstić information content (AvgIpc) is 3.02. The molecule has 0 unspecified atom stereocenters. The standard InChI is InChI=1S/C22H29N3O4/c26-20(15-23-21(27)18-7-3-4-8-19(18)22(28)29)24-16-9-11-17(12-10-16)25-13-5-1-2-6-14-25/h3-4,9-12,18-19H,1-2,5-8,13-15H2,(H,23,27)(H,24,26)(H,28,29)/t18-,19+/m1/s1. The van der Waals surface area contributed by atoms with Gasteiger partial charge in [0, 0.05) is 24.5 Å². The molecule has 0 bridgehead atoms. The van der Waals surface area contributed by atoms with Crippen LogP contribution in [-0.4, -0.2) is 42.5 Å². The smallest absolute Gasteiger partial charge is 0.307 e. The second-order valence-electron chi connectivity index (χ2n) is 7.71. The van der Waals surface area contributed by atoms with Gasteiger partial charge in [-0.3, -0.25) is 14.4 Å². The lowest BCUT2D eigenvalue weighted by Gasteiger charge is -2.24. The molecule has 1 heterocycles. The summed E-state index contributed by atoms with van der Waals surface area (Å²) in [6.45, 7) is 1.94. The minimum Gasteiger partial charge on any atom is -0.481 e. The van der Waals surface area contributed by atoms with Crippen molar-refractivity contribution in [2.24, 2.45) is 11.8 Å². The molecule has 1 aliphatic carbocycles. The highest BCUT2D eigenvalue weighted by Gasteiger charge is 2.33. The average molecular weight is 399 g/mol. The fourth-order valence-electron chi connectivity index (χ4n) is 3.97. The third-order valence-electron chi connectivity index (χ3n) is 5.63. The molecule has 0 spiro atoms. The molecule has 156 valence electrons. The van der Waals surface area contributed by atoms with Gasteiger partial charge in [0.05, 0.1) is 18.4 Å². The molecule has 3 N–H and O–H groups in total. The highest BCUT2D eigenvalue weighted by atomic mass is 16.4. The normalized spacial score (nSPS) is 21.9. The maximum Gasteiger partial charge on any atom is 0.307 e. The van der Waals surface area contributed by atoms with E-state index in [0.29, 0.717) is 18.5 Å². The lowest BCUT2D eigenvalue weighted by atomic mass is 9.82.